The number of rotatable bonds is 1. The second-order valence-corrected chi connectivity index (χ2v) is 9.11. The van der Waals surface area contributed by atoms with Crippen LogP contribution in [0.4, 0.5) is 17.0 Å². The molecule has 1 amide bonds. The van der Waals surface area contributed by atoms with Crippen LogP contribution in [-0.2, 0) is 10.4 Å². The third kappa shape index (κ3) is 6.34. The third-order valence-corrected chi connectivity index (χ3v) is 4.00. The Kier molecular flexibility index (Phi) is 3.45. The van der Waals surface area contributed by atoms with Crippen molar-refractivity contribution in [2.24, 2.45) is 8.39 Å². The Bertz CT molecular complexity index is 294. The Labute approximate surface area is 70.5 Å². The van der Waals surface area contributed by atoms with E-state index in [-0.39, 0.29) is 0 Å². The van der Waals surface area contributed by atoms with Gasteiger partial charge in [0.1, 0.15) is 0 Å². The van der Waals surface area contributed by atoms with Gasteiger partial charge in [0.05, 0.1) is 0 Å². The van der Waals surface area contributed by atoms with Crippen LogP contribution in [0.2, 0.25) is 19.6 Å². The summed E-state index contributed by atoms with van der Waals surface area (Å²) < 4.78 is 41.5. The molecule has 0 atom stereocenters. The van der Waals surface area contributed by atoms with Crippen molar-refractivity contribution in [3.8, 4) is 0 Å². The highest BCUT2D eigenvalue weighted by Crippen LogP contribution is 2.13. The zero-order chi connectivity index (χ0) is 9.99. The molecule has 0 aromatic carbocycles. The first kappa shape index (κ1) is 11.6. The minimum Gasteiger partial charge on any atom is -0.242 e. The van der Waals surface area contributed by atoms with Crippen molar-refractivity contribution < 1.29 is 17.0 Å². The number of halogens is 3. The van der Waals surface area contributed by atoms with E-state index < -0.39 is 24.8 Å². The molecule has 0 unspecified atom stereocenters. The van der Waals surface area contributed by atoms with E-state index >= 15 is 0 Å². The largest absolute Gasteiger partial charge is 0.434 e. The molecule has 0 rings (SSSR count). The van der Waals surface area contributed by atoms with Crippen LogP contribution in [0.1, 0.15) is 0 Å². The van der Waals surface area contributed by atoms with Gasteiger partial charge in [0.2, 0.25) is 0 Å². The minimum absolute atomic E-state index is 1.55. The highest BCUT2D eigenvalue weighted by atomic mass is 32.3. The Morgan fingerprint density at radius 1 is 1.33 bits per heavy atom. The topological polar surface area (TPSA) is 41.8 Å². The van der Waals surface area contributed by atoms with Gasteiger partial charge in [-0.05, 0) is 19.6 Å². The van der Waals surface area contributed by atoms with Crippen molar-refractivity contribution in [1.82, 2.24) is 0 Å². The number of amides is 1. The van der Waals surface area contributed by atoms with E-state index in [2.05, 4.69) is 4.03 Å². The molecule has 0 radical (unpaired) electrons. The first-order valence-electron chi connectivity index (χ1n) is 3.01. The van der Waals surface area contributed by atoms with E-state index in [0.29, 0.717) is 0 Å². The van der Waals surface area contributed by atoms with Crippen LogP contribution in [-0.4, -0.2) is 14.4 Å². The second-order valence-electron chi connectivity index (χ2n) is 3.02. The first-order chi connectivity index (χ1) is 5.12. The average Bonchev–Trinajstić information content (AvgIpc) is 1.48. The van der Waals surface area contributed by atoms with Gasteiger partial charge in [0.15, 0.2) is 8.24 Å². The van der Waals surface area contributed by atoms with E-state index in [1.165, 1.54) is 0 Å². The normalized spacial score (nSPS) is 12.5. The van der Waals surface area contributed by atoms with Crippen molar-refractivity contribution in [2.45, 2.75) is 19.6 Å². The molecular formula is C4H9F3N2OSSi. The van der Waals surface area contributed by atoms with Gasteiger partial charge in [-0.25, -0.2) is 8.82 Å². The van der Waals surface area contributed by atoms with Crippen LogP contribution in [0.25, 0.3) is 0 Å². The van der Waals surface area contributed by atoms with Crippen LogP contribution in [0.15, 0.2) is 8.39 Å². The summed E-state index contributed by atoms with van der Waals surface area (Å²) in [7, 11) is -7.11. The van der Waals surface area contributed by atoms with Gasteiger partial charge in [-0.15, -0.1) is 12.2 Å². The smallest absolute Gasteiger partial charge is 0.242 e. The SMILES string of the molecule is C[Si](C)(C)N=S(F)(F)=NC(=O)F. The van der Waals surface area contributed by atoms with Gasteiger partial charge in [-0.3, -0.25) is 0 Å². The Balaban J connectivity index is 5.11. The van der Waals surface area contributed by atoms with Crippen molar-refractivity contribution in [3.63, 3.8) is 0 Å². The Morgan fingerprint density at radius 3 is 2.00 bits per heavy atom. The molecular weight excluding hydrogens is 209 g/mol. The molecule has 0 aromatic heterocycles. The maximum Gasteiger partial charge on any atom is 0.434 e. The van der Waals surface area contributed by atoms with Crippen molar-refractivity contribution in [1.29, 1.82) is 0 Å². The van der Waals surface area contributed by atoms with Gasteiger partial charge in [-0.2, -0.15) is 0 Å². The highest BCUT2D eigenvalue weighted by molar-refractivity contribution is 7.87. The van der Waals surface area contributed by atoms with Gasteiger partial charge in [0, 0.05) is 0 Å². The molecule has 0 N–H and O–H groups in total. The maximum absolute atomic E-state index is 12.5. The lowest BCUT2D eigenvalue weighted by Gasteiger charge is -2.07. The molecule has 0 bridgehead atoms. The van der Waals surface area contributed by atoms with Crippen LogP contribution in [0, 0.1) is 0 Å². The lowest BCUT2D eigenvalue weighted by atomic mass is 11.4. The number of carbonyl (C=O) groups is 1. The van der Waals surface area contributed by atoms with Gasteiger partial charge >= 0.3 is 6.16 Å². The zero-order valence-electron chi connectivity index (χ0n) is 6.84. The summed E-state index contributed by atoms with van der Waals surface area (Å²) in [6.45, 7) is 4.64. The maximum atomic E-state index is 12.5. The molecule has 72 valence electrons. The molecule has 3 nitrogen and oxygen atoms in total. The van der Waals surface area contributed by atoms with E-state index in [0.717, 1.165) is 0 Å². The summed E-state index contributed by atoms with van der Waals surface area (Å²) >= 11 is 0. The highest BCUT2D eigenvalue weighted by Gasteiger charge is 2.17. The fourth-order valence-corrected chi connectivity index (χ4v) is 3.41. The zero-order valence-corrected chi connectivity index (χ0v) is 8.66. The Morgan fingerprint density at radius 2 is 1.75 bits per heavy atom. The fourth-order valence-electron chi connectivity index (χ4n) is 0.436. The summed E-state index contributed by atoms with van der Waals surface area (Å²) in [5, 5.41) is 0. The summed E-state index contributed by atoms with van der Waals surface area (Å²) in [5.74, 6) is 0. The van der Waals surface area contributed by atoms with E-state index in [4.69, 9.17) is 0 Å². The van der Waals surface area contributed by atoms with Crippen LogP contribution >= 0.6 is 0 Å². The summed E-state index contributed by atoms with van der Waals surface area (Å²) in [6, 6.07) is 0. The predicted molar refractivity (Wildman–Crippen MR) is 44.3 cm³/mol. The molecule has 0 saturated carbocycles. The van der Waals surface area contributed by atoms with Crippen molar-refractivity contribution in [3.05, 3.63) is 0 Å². The van der Waals surface area contributed by atoms with E-state index in [1.54, 1.807) is 19.6 Å². The monoisotopic (exact) mass is 218 g/mol. The summed E-state index contributed by atoms with van der Waals surface area (Å²) in [6.07, 6.45) is -2.36. The summed E-state index contributed by atoms with van der Waals surface area (Å²) in [5.41, 5.74) is 0. The molecule has 0 aliphatic rings. The lowest BCUT2D eigenvalue weighted by molar-refractivity contribution is 0.231. The molecule has 0 saturated heterocycles. The third-order valence-electron chi connectivity index (χ3n) is 0.565. The predicted octanol–water partition coefficient (Wildman–Crippen LogP) is 3.20. The van der Waals surface area contributed by atoms with Gasteiger partial charge in [-0.1, -0.05) is 4.36 Å². The second kappa shape index (κ2) is 3.56. The number of carbonyl (C=O) groups excluding carboxylic acids is 1. The minimum atomic E-state index is -4.75. The molecule has 12 heavy (non-hydrogen) atoms. The quantitative estimate of drug-likeness (QED) is 0.378. The summed E-state index contributed by atoms with van der Waals surface area (Å²) in [4.78, 5) is 9.61. The fraction of sp³-hybridized carbons (Fsp3) is 0.750. The number of nitrogens with zero attached hydrogens (tertiary/aromatic N) is 2. The van der Waals surface area contributed by atoms with E-state index in [1.807, 2.05) is 4.36 Å². The van der Waals surface area contributed by atoms with Gasteiger partial charge in [0.25, 0.3) is 10.4 Å². The lowest BCUT2D eigenvalue weighted by Crippen LogP contribution is -2.17. The average molecular weight is 218 g/mol. The standard InChI is InChI=1S/C4H9F3N2OSSi/c1-12(2,3)9-11(6,7)8-4(5)10/h1-3H3. The molecule has 0 fully saturated rings. The molecule has 0 spiro atoms. The van der Waals surface area contributed by atoms with Gasteiger partial charge < -0.3 is 0 Å². The molecule has 0 aliphatic carbocycles. The number of hydrogen-bond acceptors (Lipinski definition) is 2. The first-order valence-corrected chi connectivity index (χ1v) is 7.81. The molecule has 0 aromatic rings. The van der Waals surface area contributed by atoms with Crippen LogP contribution in [0.5, 0.6) is 0 Å². The van der Waals surface area contributed by atoms with Crippen molar-refractivity contribution in [2.75, 3.05) is 0 Å². The molecule has 8 heteroatoms. The van der Waals surface area contributed by atoms with E-state index in [9.17, 15) is 17.0 Å². The molecule has 0 heterocycles. The molecule has 0 aliphatic heterocycles. The number of hydrogen-bond donors (Lipinski definition) is 0. The van der Waals surface area contributed by atoms with Crippen LogP contribution in [0.3, 0.4) is 0 Å². The Hall–Kier alpha value is -0.373. The van der Waals surface area contributed by atoms with Crippen LogP contribution < -0.4 is 0 Å². The van der Waals surface area contributed by atoms with Crippen molar-refractivity contribution >= 4 is 24.8 Å².